The lowest BCUT2D eigenvalue weighted by Crippen LogP contribution is -2.35. The second-order valence-corrected chi connectivity index (χ2v) is 4.86. The highest BCUT2D eigenvalue weighted by Crippen LogP contribution is 2.09. The average molecular weight is 289 g/mol. The van der Waals surface area contributed by atoms with Crippen LogP contribution in [0.2, 0.25) is 0 Å². The van der Waals surface area contributed by atoms with Gasteiger partial charge in [0.25, 0.3) is 0 Å². The maximum atomic E-state index is 11.9. The van der Waals surface area contributed by atoms with Crippen LogP contribution >= 0.6 is 0 Å². The molecule has 0 heterocycles. The Balaban J connectivity index is 2.45. The number of rotatable bonds is 6. The number of carbonyl (C=O) groups is 2. The second-order valence-electron chi connectivity index (χ2n) is 4.86. The van der Waals surface area contributed by atoms with Gasteiger partial charge in [0, 0.05) is 12.2 Å². The molecule has 0 saturated carbocycles. The zero-order valence-corrected chi connectivity index (χ0v) is 12.4. The Morgan fingerprint density at radius 1 is 1.38 bits per heavy atom. The van der Waals surface area contributed by atoms with Crippen molar-refractivity contribution < 1.29 is 14.3 Å². The van der Waals surface area contributed by atoms with Crippen molar-refractivity contribution in [1.29, 1.82) is 5.26 Å². The van der Waals surface area contributed by atoms with Gasteiger partial charge in [0.2, 0.25) is 5.91 Å². The Morgan fingerprint density at radius 2 is 2.00 bits per heavy atom. The Kier molecular flexibility index (Phi) is 6.37. The van der Waals surface area contributed by atoms with E-state index >= 15 is 0 Å². The van der Waals surface area contributed by atoms with Crippen molar-refractivity contribution in [3.8, 4) is 6.07 Å². The molecule has 1 N–H and O–H groups in total. The molecule has 0 fully saturated rings. The molecule has 1 atom stereocenters. The van der Waals surface area contributed by atoms with E-state index in [0.29, 0.717) is 17.8 Å². The minimum atomic E-state index is -0.297. The first kappa shape index (κ1) is 16.7. The lowest BCUT2D eigenvalue weighted by molar-refractivity contribution is -0.145. The summed E-state index contributed by atoms with van der Waals surface area (Å²) in [4.78, 5) is 24.9. The molecule has 0 aliphatic rings. The van der Waals surface area contributed by atoms with Crippen molar-refractivity contribution >= 4 is 17.6 Å². The van der Waals surface area contributed by atoms with Crippen LogP contribution in [0.5, 0.6) is 0 Å². The summed E-state index contributed by atoms with van der Waals surface area (Å²) in [5, 5.41) is 11.4. The first-order valence-corrected chi connectivity index (χ1v) is 6.52. The number of likely N-dealkylation sites (N-methyl/N-ethyl adjacent to an activating group) is 1. The van der Waals surface area contributed by atoms with E-state index in [0.717, 1.165) is 0 Å². The summed E-state index contributed by atoms with van der Waals surface area (Å²) < 4.78 is 4.64. The third-order valence-corrected chi connectivity index (χ3v) is 2.90. The molecule has 0 aromatic heterocycles. The van der Waals surface area contributed by atoms with Crippen molar-refractivity contribution in [3.05, 3.63) is 29.8 Å². The van der Waals surface area contributed by atoms with Crippen molar-refractivity contribution in [3.63, 3.8) is 0 Å². The first-order chi connectivity index (χ1) is 9.96. The Bertz CT molecular complexity index is 534. The standard InChI is InChI=1S/C15H19N3O3/c1-11(15(20)21-3)9-18(2)10-14(19)17-13-6-4-12(8-16)5-7-13/h4-7,11H,9-10H2,1-3H3,(H,17,19). The number of amides is 1. The molecule has 1 aromatic carbocycles. The number of esters is 1. The van der Waals surface area contributed by atoms with E-state index in [9.17, 15) is 9.59 Å². The van der Waals surface area contributed by atoms with E-state index in [2.05, 4.69) is 10.1 Å². The number of methoxy groups -OCH3 is 1. The minimum Gasteiger partial charge on any atom is -0.469 e. The van der Waals surface area contributed by atoms with Gasteiger partial charge < -0.3 is 10.1 Å². The minimum absolute atomic E-state index is 0.168. The number of hydrogen-bond acceptors (Lipinski definition) is 5. The van der Waals surface area contributed by atoms with Crippen molar-refractivity contribution in [2.24, 2.45) is 5.92 Å². The predicted molar refractivity (Wildman–Crippen MR) is 78.5 cm³/mol. The predicted octanol–water partition coefficient (Wildman–Crippen LogP) is 1.24. The summed E-state index contributed by atoms with van der Waals surface area (Å²) in [5.74, 6) is -0.767. The van der Waals surface area contributed by atoms with E-state index in [1.54, 1.807) is 43.1 Å². The first-order valence-electron chi connectivity index (χ1n) is 6.52. The van der Waals surface area contributed by atoms with E-state index in [1.165, 1.54) is 7.11 Å². The Labute approximate surface area is 124 Å². The van der Waals surface area contributed by atoms with Crippen LogP contribution in [-0.2, 0) is 14.3 Å². The molecule has 1 amide bonds. The van der Waals surface area contributed by atoms with Gasteiger partial charge in [-0.25, -0.2) is 0 Å². The van der Waals surface area contributed by atoms with Crippen molar-refractivity contribution in [1.82, 2.24) is 4.90 Å². The maximum absolute atomic E-state index is 11.9. The molecule has 0 spiro atoms. The molecule has 0 aliphatic carbocycles. The number of ether oxygens (including phenoxy) is 1. The van der Waals surface area contributed by atoms with Gasteiger partial charge in [-0.05, 0) is 31.3 Å². The summed E-state index contributed by atoms with van der Waals surface area (Å²) in [7, 11) is 3.11. The van der Waals surface area contributed by atoms with E-state index < -0.39 is 0 Å². The van der Waals surface area contributed by atoms with E-state index in [4.69, 9.17) is 5.26 Å². The van der Waals surface area contributed by atoms with Gasteiger partial charge in [0.05, 0.1) is 31.2 Å². The number of anilines is 1. The van der Waals surface area contributed by atoms with Crippen LogP contribution in [0.15, 0.2) is 24.3 Å². The van der Waals surface area contributed by atoms with Gasteiger partial charge in [-0.3, -0.25) is 14.5 Å². The van der Waals surface area contributed by atoms with Gasteiger partial charge in [-0.1, -0.05) is 6.92 Å². The molecule has 1 rings (SSSR count). The zero-order valence-electron chi connectivity index (χ0n) is 12.4. The molecule has 1 aromatic rings. The molecule has 6 heteroatoms. The largest absolute Gasteiger partial charge is 0.469 e. The smallest absolute Gasteiger partial charge is 0.309 e. The summed E-state index contributed by atoms with van der Waals surface area (Å²) in [5.41, 5.74) is 1.17. The summed E-state index contributed by atoms with van der Waals surface area (Å²) in [6.45, 7) is 2.36. The lowest BCUT2D eigenvalue weighted by Gasteiger charge is -2.19. The molecule has 1 unspecified atom stereocenters. The van der Waals surface area contributed by atoms with Crippen LogP contribution < -0.4 is 5.32 Å². The summed E-state index contributed by atoms with van der Waals surface area (Å²) in [6, 6.07) is 8.64. The highest BCUT2D eigenvalue weighted by atomic mass is 16.5. The van der Waals surface area contributed by atoms with Gasteiger partial charge in [-0.15, -0.1) is 0 Å². The van der Waals surface area contributed by atoms with Crippen molar-refractivity contribution in [2.75, 3.05) is 32.6 Å². The average Bonchev–Trinajstić information content (AvgIpc) is 2.46. The molecule has 112 valence electrons. The number of nitrogens with zero attached hydrogens (tertiary/aromatic N) is 2. The quantitative estimate of drug-likeness (QED) is 0.797. The monoisotopic (exact) mass is 289 g/mol. The highest BCUT2D eigenvalue weighted by molar-refractivity contribution is 5.92. The molecule has 0 aliphatic heterocycles. The third kappa shape index (κ3) is 5.63. The summed E-state index contributed by atoms with van der Waals surface area (Å²) in [6.07, 6.45) is 0. The molecule has 6 nitrogen and oxygen atoms in total. The topological polar surface area (TPSA) is 82.4 Å². The van der Waals surface area contributed by atoms with Crippen LogP contribution in [0.3, 0.4) is 0 Å². The van der Waals surface area contributed by atoms with Gasteiger partial charge in [0.1, 0.15) is 0 Å². The molecule has 0 radical (unpaired) electrons. The van der Waals surface area contributed by atoms with Crippen LogP contribution in [0, 0.1) is 17.2 Å². The Morgan fingerprint density at radius 3 is 2.52 bits per heavy atom. The molecular formula is C15H19N3O3. The number of benzene rings is 1. The summed E-state index contributed by atoms with van der Waals surface area (Å²) >= 11 is 0. The molecular weight excluding hydrogens is 270 g/mol. The molecule has 21 heavy (non-hydrogen) atoms. The normalized spacial score (nSPS) is 11.6. The maximum Gasteiger partial charge on any atom is 0.309 e. The third-order valence-electron chi connectivity index (χ3n) is 2.90. The lowest BCUT2D eigenvalue weighted by atomic mass is 10.2. The van der Waals surface area contributed by atoms with Gasteiger partial charge >= 0.3 is 5.97 Å². The van der Waals surface area contributed by atoms with Crippen molar-refractivity contribution in [2.45, 2.75) is 6.92 Å². The number of carbonyl (C=O) groups excluding carboxylic acids is 2. The van der Waals surface area contributed by atoms with Crippen LogP contribution in [-0.4, -0.2) is 44.0 Å². The Hall–Kier alpha value is -2.39. The zero-order chi connectivity index (χ0) is 15.8. The van der Waals surface area contributed by atoms with Crippen LogP contribution in [0.1, 0.15) is 12.5 Å². The second kappa shape index (κ2) is 8.02. The number of nitrogens with one attached hydrogen (secondary N) is 1. The van der Waals surface area contributed by atoms with Crippen LogP contribution in [0.4, 0.5) is 5.69 Å². The number of nitriles is 1. The fraction of sp³-hybridized carbons (Fsp3) is 0.400. The van der Waals surface area contributed by atoms with Crippen LogP contribution in [0.25, 0.3) is 0 Å². The fourth-order valence-corrected chi connectivity index (χ4v) is 1.88. The SMILES string of the molecule is COC(=O)C(C)CN(C)CC(=O)Nc1ccc(C#N)cc1. The fourth-order valence-electron chi connectivity index (χ4n) is 1.88. The van der Waals surface area contributed by atoms with Gasteiger partial charge in [0.15, 0.2) is 0 Å². The molecule has 0 bridgehead atoms. The number of hydrogen-bond donors (Lipinski definition) is 1. The molecule has 0 saturated heterocycles. The highest BCUT2D eigenvalue weighted by Gasteiger charge is 2.16. The van der Waals surface area contributed by atoms with E-state index in [-0.39, 0.29) is 24.3 Å². The van der Waals surface area contributed by atoms with E-state index in [1.807, 2.05) is 6.07 Å². The van der Waals surface area contributed by atoms with Gasteiger partial charge in [-0.2, -0.15) is 5.26 Å².